The normalized spacial score (nSPS) is 18.6. The van der Waals surface area contributed by atoms with Gasteiger partial charge in [-0.25, -0.2) is 0 Å². The summed E-state index contributed by atoms with van der Waals surface area (Å²) in [6.45, 7) is 1.97. The number of nitrogens with two attached hydrogens (primary N) is 1. The molecule has 0 saturated heterocycles. The van der Waals surface area contributed by atoms with Crippen molar-refractivity contribution in [2.75, 3.05) is 7.11 Å². The summed E-state index contributed by atoms with van der Waals surface area (Å²) in [5, 5.41) is 3.02. The smallest absolute Gasteiger partial charge is 0.222 e. The molecule has 20 heavy (non-hydrogen) atoms. The summed E-state index contributed by atoms with van der Waals surface area (Å²) in [4.78, 5) is 12.2. The minimum atomic E-state index is -0.301. The molecule has 4 heteroatoms. The number of methoxy groups -OCH3 is 1. The Kier molecular flexibility index (Phi) is 4.65. The number of amides is 1. The van der Waals surface area contributed by atoms with Crippen LogP contribution in [0.15, 0.2) is 24.3 Å². The lowest BCUT2D eigenvalue weighted by Gasteiger charge is -2.24. The maximum absolute atomic E-state index is 12.2. The van der Waals surface area contributed by atoms with Crippen molar-refractivity contribution >= 4 is 5.91 Å². The van der Waals surface area contributed by atoms with Crippen molar-refractivity contribution in [2.24, 2.45) is 5.73 Å². The first kappa shape index (κ1) is 14.9. The highest BCUT2D eigenvalue weighted by Crippen LogP contribution is 2.30. The van der Waals surface area contributed by atoms with E-state index < -0.39 is 0 Å². The average Bonchev–Trinajstić information content (AvgIpc) is 2.84. The van der Waals surface area contributed by atoms with Crippen molar-refractivity contribution in [3.63, 3.8) is 0 Å². The standard InChI is InChI=1S/C16H24N2O2/c1-12(13-7-3-4-8-14(13)20-2)18-15(19)11-16(17)9-5-6-10-16/h3-4,7-8,12H,5-6,9-11,17H2,1-2H3,(H,18,19). The van der Waals surface area contributed by atoms with Gasteiger partial charge in [-0.3, -0.25) is 4.79 Å². The molecule has 1 atom stereocenters. The molecule has 1 fully saturated rings. The van der Waals surface area contributed by atoms with E-state index in [4.69, 9.17) is 10.5 Å². The van der Waals surface area contributed by atoms with E-state index in [-0.39, 0.29) is 17.5 Å². The molecule has 1 aliphatic rings. The zero-order valence-electron chi connectivity index (χ0n) is 12.3. The molecule has 1 aromatic rings. The van der Waals surface area contributed by atoms with Crippen LogP contribution in [-0.4, -0.2) is 18.6 Å². The van der Waals surface area contributed by atoms with Gasteiger partial charge in [-0.1, -0.05) is 31.0 Å². The Bertz CT molecular complexity index is 467. The minimum Gasteiger partial charge on any atom is -0.496 e. The molecule has 1 aliphatic carbocycles. The fourth-order valence-electron chi connectivity index (χ4n) is 2.97. The van der Waals surface area contributed by atoms with E-state index in [0.717, 1.165) is 37.0 Å². The number of ether oxygens (including phenoxy) is 1. The summed E-state index contributed by atoms with van der Waals surface area (Å²) in [7, 11) is 1.64. The molecule has 110 valence electrons. The van der Waals surface area contributed by atoms with Crippen LogP contribution in [0.25, 0.3) is 0 Å². The fourth-order valence-corrected chi connectivity index (χ4v) is 2.97. The van der Waals surface area contributed by atoms with Gasteiger partial charge in [-0.15, -0.1) is 0 Å². The van der Waals surface area contributed by atoms with Crippen LogP contribution in [0.4, 0.5) is 0 Å². The van der Waals surface area contributed by atoms with Crippen LogP contribution >= 0.6 is 0 Å². The van der Waals surface area contributed by atoms with Gasteiger partial charge in [0.2, 0.25) is 5.91 Å². The lowest BCUT2D eigenvalue weighted by Crippen LogP contribution is -2.42. The van der Waals surface area contributed by atoms with E-state index >= 15 is 0 Å². The lowest BCUT2D eigenvalue weighted by atomic mass is 9.94. The summed E-state index contributed by atoms with van der Waals surface area (Å²) >= 11 is 0. The Hall–Kier alpha value is -1.55. The Balaban J connectivity index is 1.96. The van der Waals surface area contributed by atoms with E-state index in [9.17, 15) is 4.79 Å². The van der Waals surface area contributed by atoms with Gasteiger partial charge in [-0.05, 0) is 25.8 Å². The first-order valence-electron chi connectivity index (χ1n) is 7.25. The number of hydrogen-bond donors (Lipinski definition) is 2. The van der Waals surface area contributed by atoms with Gasteiger partial charge in [0.1, 0.15) is 5.75 Å². The molecular formula is C16H24N2O2. The van der Waals surface area contributed by atoms with Gasteiger partial charge >= 0.3 is 0 Å². The molecule has 0 heterocycles. The molecule has 2 rings (SSSR count). The second-order valence-electron chi connectivity index (χ2n) is 5.78. The van der Waals surface area contributed by atoms with E-state index in [1.54, 1.807) is 7.11 Å². The monoisotopic (exact) mass is 276 g/mol. The quantitative estimate of drug-likeness (QED) is 0.868. The number of para-hydroxylation sites is 1. The molecule has 4 nitrogen and oxygen atoms in total. The Morgan fingerprint density at radius 3 is 2.70 bits per heavy atom. The van der Waals surface area contributed by atoms with Crippen LogP contribution in [0.1, 0.15) is 50.6 Å². The molecule has 0 aliphatic heterocycles. The first-order chi connectivity index (χ1) is 9.54. The summed E-state index contributed by atoms with van der Waals surface area (Å²) in [5.74, 6) is 0.816. The first-order valence-corrected chi connectivity index (χ1v) is 7.25. The van der Waals surface area contributed by atoms with E-state index in [1.807, 2.05) is 31.2 Å². The maximum atomic E-state index is 12.2. The van der Waals surface area contributed by atoms with E-state index in [0.29, 0.717) is 6.42 Å². The third kappa shape index (κ3) is 3.51. The van der Waals surface area contributed by atoms with Crippen LogP contribution in [0.2, 0.25) is 0 Å². The number of carbonyl (C=O) groups excluding carboxylic acids is 1. The maximum Gasteiger partial charge on any atom is 0.222 e. The van der Waals surface area contributed by atoms with Gasteiger partial charge in [0.25, 0.3) is 0 Å². The average molecular weight is 276 g/mol. The molecule has 0 spiro atoms. The summed E-state index contributed by atoms with van der Waals surface area (Å²) in [6.07, 6.45) is 4.57. The number of rotatable bonds is 5. The Labute approximate surface area is 120 Å². The van der Waals surface area contributed by atoms with Gasteiger partial charge in [0.05, 0.1) is 13.2 Å². The van der Waals surface area contributed by atoms with Gasteiger partial charge in [0, 0.05) is 17.5 Å². The molecule has 1 unspecified atom stereocenters. The van der Waals surface area contributed by atoms with Crippen molar-refractivity contribution in [3.8, 4) is 5.75 Å². The number of hydrogen-bond acceptors (Lipinski definition) is 3. The molecule has 0 radical (unpaired) electrons. The zero-order valence-corrected chi connectivity index (χ0v) is 12.3. The Morgan fingerprint density at radius 1 is 1.40 bits per heavy atom. The van der Waals surface area contributed by atoms with Crippen molar-refractivity contribution in [3.05, 3.63) is 29.8 Å². The second kappa shape index (κ2) is 6.27. The second-order valence-corrected chi connectivity index (χ2v) is 5.78. The largest absolute Gasteiger partial charge is 0.496 e. The third-order valence-electron chi connectivity index (χ3n) is 4.09. The topological polar surface area (TPSA) is 64.3 Å². The van der Waals surface area contributed by atoms with Crippen molar-refractivity contribution < 1.29 is 9.53 Å². The van der Waals surface area contributed by atoms with E-state index in [1.165, 1.54) is 0 Å². The van der Waals surface area contributed by atoms with Crippen molar-refractivity contribution in [1.82, 2.24) is 5.32 Å². The van der Waals surface area contributed by atoms with Gasteiger partial charge in [-0.2, -0.15) is 0 Å². The van der Waals surface area contributed by atoms with Crippen LogP contribution in [0.5, 0.6) is 5.75 Å². The highest BCUT2D eigenvalue weighted by molar-refractivity contribution is 5.77. The third-order valence-corrected chi connectivity index (χ3v) is 4.09. The summed E-state index contributed by atoms with van der Waals surface area (Å²) < 4.78 is 5.33. The highest BCUT2D eigenvalue weighted by Gasteiger charge is 2.32. The summed E-state index contributed by atoms with van der Waals surface area (Å²) in [5.41, 5.74) is 6.93. The van der Waals surface area contributed by atoms with Crippen molar-refractivity contribution in [2.45, 2.75) is 50.6 Å². The molecule has 1 amide bonds. The zero-order chi connectivity index (χ0) is 14.6. The van der Waals surface area contributed by atoms with Gasteiger partial charge < -0.3 is 15.8 Å². The highest BCUT2D eigenvalue weighted by atomic mass is 16.5. The predicted octanol–water partition coefficient (Wildman–Crippen LogP) is 2.53. The minimum absolute atomic E-state index is 0.0211. The fraction of sp³-hybridized carbons (Fsp3) is 0.562. The van der Waals surface area contributed by atoms with Crippen LogP contribution in [-0.2, 0) is 4.79 Å². The van der Waals surface area contributed by atoms with Crippen LogP contribution < -0.4 is 15.8 Å². The van der Waals surface area contributed by atoms with Crippen LogP contribution in [0.3, 0.4) is 0 Å². The molecule has 1 saturated carbocycles. The molecule has 0 bridgehead atoms. The molecule has 0 aromatic heterocycles. The SMILES string of the molecule is COc1ccccc1C(C)NC(=O)CC1(N)CCCC1. The van der Waals surface area contributed by atoms with Gasteiger partial charge in [0.15, 0.2) is 0 Å². The molecule has 1 aromatic carbocycles. The predicted molar refractivity (Wildman–Crippen MR) is 79.6 cm³/mol. The molecule has 3 N–H and O–H groups in total. The number of carbonyl (C=O) groups is 1. The molecular weight excluding hydrogens is 252 g/mol. The van der Waals surface area contributed by atoms with Crippen LogP contribution in [0, 0.1) is 0 Å². The number of nitrogens with one attached hydrogen (secondary N) is 1. The lowest BCUT2D eigenvalue weighted by molar-refractivity contribution is -0.122. The van der Waals surface area contributed by atoms with E-state index in [2.05, 4.69) is 5.32 Å². The number of benzene rings is 1. The Morgan fingerprint density at radius 2 is 2.05 bits per heavy atom. The summed E-state index contributed by atoms with van der Waals surface area (Å²) in [6, 6.07) is 7.66. The van der Waals surface area contributed by atoms with Crippen molar-refractivity contribution in [1.29, 1.82) is 0 Å².